The summed E-state index contributed by atoms with van der Waals surface area (Å²) in [4.78, 5) is 17.4. The second-order valence-corrected chi connectivity index (χ2v) is 11.0. The second kappa shape index (κ2) is 8.27. The van der Waals surface area contributed by atoms with Gasteiger partial charge in [0.25, 0.3) is 0 Å². The smallest absolute Gasteiger partial charge is 0.314 e. The summed E-state index contributed by atoms with van der Waals surface area (Å²) in [6, 6.07) is 11.9. The van der Waals surface area contributed by atoms with Crippen molar-refractivity contribution in [1.29, 1.82) is 0 Å². The first kappa shape index (κ1) is 22.4. The Kier molecular flexibility index (Phi) is 5.78. The number of fused-ring (bicyclic) bond motifs is 1. The van der Waals surface area contributed by atoms with Gasteiger partial charge in [-0.25, -0.2) is 4.98 Å². The Hall–Kier alpha value is -2.82. The summed E-state index contributed by atoms with van der Waals surface area (Å²) < 4.78 is 7.82. The van der Waals surface area contributed by atoms with Gasteiger partial charge in [0, 0.05) is 17.3 Å². The quantitative estimate of drug-likeness (QED) is 0.350. The van der Waals surface area contributed by atoms with Crippen LogP contribution in [0.15, 0.2) is 42.6 Å². The number of rotatable bonds is 6. The second-order valence-electron chi connectivity index (χ2n) is 11.0. The maximum absolute atomic E-state index is 12.4. The number of pyridine rings is 1. The number of aryl methyl sites for hydroxylation is 1. The van der Waals surface area contributed by atoms with E-state index in [1.807, 2.05) is 30.3 Å². The van der Waals surface area contributed by atoms with E-state index in [2.05, 4.69) is 63.5 Å². The number of benzene rings is 1. The average Bonchev–Trinajstić information content (AvgIpc) is 2.97. The van der Waals surface area contributed by atoms with Crippen LogP contribution in [0.2, 0.25) is 0 Å². The summed E-state index contributed by atoms with van der Waals surface area (Å²) in [5.74, 6) is 1.46. The fourth-order valence-corrected chi connectivity index (χ4v) is 4.77. The van der Waals surface area contributed by atoms with Crippen LogP contribution in [0.3, 0.4) is 0 Å². The number of anilines is 1. The number of hydrogen-bond acceptors (Lipinski definition) is 4. The van der Waals surface area contributed by atoms with Crippen molar-refractivity contribution in [3.05, 3.63) is 48.2 Å². The van der Waals surface area contributed by atoms with Gasteiger partial charge in [0.1, 0.15) is 22.9 Å². The minimum atomic E-state index is -0.138. The molecule has 2 aromatic heterocycles. The van der Waals surface area contributed by atoms with Crippen LogP contribution in [-0.2, 0) is 4.79 Å². The van der Waals surface area contributed by atoms with Gasteiger partial charge in [-0.3, -0.25) is 9.20 Å². The predicted molar refractivity (Wildman–Crippen MR) is 130 cm³/mol. The maximum Gasteiger partial charge on any atom is 0.314 e. The van der Waals surface area contributed by atoms with E-state index in [1.54, 1.807) is 0 Å². The number of hydrogen-bond donors (Lipinski definition) is 1. The molecule has 0 saturated heterocycles. The lowest BCUT2D eigenvalue weighted by Crippen LogP contribution is -2.36. The van der Waals surface area contributed by atoms with Crippen molar-refractivity contribution < 1.29 is 9.53 Å². The Morgan fingerprint density at radius 3 is 2.56 bits per heavy atom. The summed E-state index contributed by atoms with van der Waals surface area (Å²) >= 11 is 0. The zero-order valence-electron chi connectivity index (χ0n) is 20.2. The molecule has 32 heavy (non-hydrogen) atoms. The molecule has 0 aliphatic heterocycles. The zero-order chi connectivity index (χ0) is 23.1. The van der Waals surface area contributed by atoms with Crippen LogP contribution in [0.4, 0.5) is 5.82 Å². The highest BCUT2D eigenvalue weighted by molar-refractivity contribution is 5.80. The molecule has 4 rings (SSSR count). The van der Waals surface area contributed by atoms with E-state index in [1.165, 1.54) is 0 Å². The summed E-state index contributed by atoms with van der Waals surface area (Å²) in [6.45, 7) is 13.3. The van der Waals surface area contributed by atoms with Gasteiger partial charge in [-0.05, 0) is 69.2 Å². The van der Waals surface area contributed by atoms with Gasteiger partial charge in [-0.2, -0.15) is 0 Å². The number of aromatic nitrogens is 2. The van der Waals surface area contributed by atoms with Gasteiger partial charge in [-0.15, -0.1) is 0 Å². The first-order valence-electron chi connectivity index (χ1n) is 11.6. The van der Waals surface area contributed by atoms with Gasteiger partial charge in [0.05, 0.1) is 5.92 Å². The summed E-state index contributed by atoms with van der Waals surface area (Å²) in [7, 11) is 0. The molecule has 1 aromatic carbocycles. The number of nitrogens with one attached hydrogen (secondary N) is 1. The van der Waals surface area contributed by atoms with Gasteiger partial charge >= 0.3 is 5.97 Å². The van der Waals surface area contributed by atoms with Gasteiger partial charge in [0.15, 0.2) is 0 Å². The Balaban J connectivity index is 1.74. The summed E-state index contributed by atoms with van der Waals surface area (Å²) in [5.41, 5.74) is 3.88. The molecule has 0 atom stereocenters. The van der Waals surface area contributed by atoms with E-state index in [9.17, 15) is 4.79 Å². The topological polar surface area (TPSA) is 55.6 Å². The predicted octanol–water partition coefficient (Wildman–Crippen LogP) is 6.64. The molecule has 0 bridgehead atoms. The lowest BCUT2D eigenvalue weighted by Gasteiger charge is -2.34. The lowest BCUT2D eigenvalue weighted by molar-refractivity contribution is -0.141. The maximum atomic E-state index is 12.4. The van der Waals surface area contributed by atoms with Gasteiger partial charge in [0.2, 0.25) is 0 Å². The minimum Gasteiger partial charge on any atom is -0.426 e. The number of carbonyl (C=O) groups is 1. The highest BCUT2D eigenvalue weighted by Crippen LogP contribution is 2.36. The van der Waals surface area contributed by atoms with Crippen molar-refractivity contribution in [2.24, 2.45) is 11.3 Å². The number of esters is 1. The molecule has 5 heteroatoms. The van der Waals surface area contributed by atoms with E-state index in [-0.39, 0.29) is 22.8 Å². The van der Waals surface area contributed by atoms with E-state index >= 15 is 0 Å². The van der Waals surface area contributed by atoms with Crippen LogP contribution in [0.25, 0.3) is 16.9 Å². The standard InChI is InChI=1S/C27H35N3O2/c1-18-10-9-15-30-23(18)28-22(24(30)29-27(5,6)17-26(2,3)4)20-13-8-14-21(16-20)32-25(31)19-11-7-12-19/h8-10,13-16,19,29H,7,11-12,17H2,1-6H3. The molecular formula is C27H35N3O2. The highest BCUT2D eigenvalue weighted by atomic mass is 16.5. The molecule has 0 unspecified atom stereocenters. The molecule has 170 valence electrons. The molecule has 5 nitrogen and oxygen atoms in total. The van der Waals surface area contributed by atoms with Crippen molar-refractivity contribution in [2.75, 3.05) is 5.32 Å². The van der Waals surface area contributed by atoms with Crippen LogP contribution in [-0.4, -0.2) is 20.9 Å². The zero-order valence-corrected chi connectivity index (χ0v) is 20.2. The average molecular weight is 434 g/mol. The van der Waals surface area contributed by atoms with Crippen LogP contribution >= 0.6 is 0 Å². The fourth-order valence-electron chi connectivity index (χ4n) is 4.77. The monoisotopic (exact) mass is 433 g/mol. The van der Waals surface area contributed by atoms with Crippen LogP contribution in [0, 0.1) is 18.3 Å². The third-order valence-corrected chi connectivity index (χ3v) is 6.04. The molecule has 0 radical (unpaired) electrons. The Morgan fingerprint density at radius 2 is 1.91 bits per heavy atom. The molecule has 0 spiro atoms. The molecule has 1 aliphatic rings. The van der Waals surface area contributed by atoms with Crippen molar-refractivity contribution in [3.8, 4) is 17.0 Å². The number of carbonyl (C=O) groups excluding carboxylic acids is 1. The Morgan fingerprint density at radius 1 is 1.16 bits per heavy atom. The third-order valence-electron chi connectivity index (χ3n) is 6.04. The molecule has 2 heterocycles. The van der Waals surface area contributed by atoms with Crippen LogP contribution < -0.4 is 10.1 Å². The molecule has 1 fully saturated rings. The SMILES string of the molecule is Cc1cccn2c(NC(C)(C)CC(C)(C)C)c(-c3cccc(OC(=O)C4CCC4)c3)nc12. The van der Waals surface area contributed by atoms with E-state index in [0.29, 0.717) is 5.75 Å². The highest BCUT2D eigenvalue weighted by Gasteiger charge is 2.29. The van der Waals surface area contributed by atoms with Gasteiger partial charge in [-0.1, -0.05) is 45.4 Å². The first-order valence-corrected chi connectivity index (χ1v) is 11.6. The van der Waals surface area contributed by atoms with Crippen molar-refractivity contribution >= 4 is 17.4 Å². The molecule has 1 N–H and O–H groups in total. The molecule has 3 aromatic rings. The number of ether oxygens (including phenoxy) is 1. The van der Waals surface area contributed by atoms with Crippen molar-refractivity contribution in [1.82, 2.24) is 9.38 Å². The molecule has 1 saturated carbocycles. The van der Waals surface area contributed by atoms with Crippen LogP contribution in [0.5, 0.6) is 5.75 Å². The number of nitrogens with zero attached hydrogens (tertiary/aromatic N) is 2. The normalized spacial score (nSPS) is 14.9. The van der Waals surface area contributed by atoms with Crippen molar-refractivity contribution in [3.63, 3.8) is 0 Å². The molecule has 0 amide bonds. The summed E-state index contributed by atoms with van der Waals surface area (Å²) in [6.07, 6.45) is 6.02. The van der Waals surface area contributed by atoms with E-state index in [0.717, 1.165) is 54.0 Å². The first-order chi connectivity index (χ1) is 15.0. The van der Waals surface area contributed by atoms with E-state index in [4.69, 9.17) is 9.72 Å². The third kappa shape index (κ3) is 4.82. The minimum absolute atomic E-state index is 0.0481. The van der Waals surface area contributed by atoms with Crippen LogP contribution in [0.1, 0.15) is 65.9 Å². The lowest BCUT2D eigenvalue weighted by atomic mass is 9.82. The Labute approximate surface area is 191 Å². The molecule has 1 aliphatic carbocycles. The Bertz CT molecular complexity index is 1130. The fraction of sp³-hybridized carbons (Fsp3) is 0.481. The van der Waals surface area contributed by atoms with Gasteiger partial charge < -0.3 is 10.1 Å². The van der Waals surface area contributed by atoms with Crippen molar-refractivity contribution in [2.45, 2.75) is 72.8 Å². The largest absolute Gasteiger partial charge is 0.426 e. The summed E-state index contributed by atoms with van der Waals surface area (Å²) in [5, 5.41) is 3.78. The molecular weight excluding hydrogens is 398 g/mol. The van der Waals surface area contributed by atoms with E-state index < -0.39 is 0 Å². The number of imidazole rings is 1.